The second-order valence-electron chi connectivity index (χ2n) is 9.25. The van der Waals surface area contributed by atoms with E-state index < -0.39 is 10.0 Å². The average molecular weight is 495 g/mol. The first-order chi connectivity index (χ1) is 16.6. The molecule has 0 saturated heterocycles. The summed E-state index contributed by atoms with van der Waals surface area (Å²) in [6, 6.07) is 13.4. The number of sulfonamides is 1. The van der Waals surface area contributed by atoms with Crippen molar-refractivity contribution < 1.29 is 17.9 Å². The molecule has 4 bridgehead atoms. The summed E-state index contributed by atoms with van der Waals surface area (Å²) in [5.41, 5.74) is 3.74. The second kappa shape index (κ2) is 10.0. The number of anilines is 1. The largest absolute Gasteiger partial charge is 0.477 e. The van der Waals surface area contributed by atoms with Gasteiger partial charge in [0.25, 0.3) is 15.9 Å². The normalized spacial score (nSPS) is 17.6. The molecule has 9 heteroatoms. The number of carbonyl (C=O) groups is 1. The van der Waals surface area contributed by atoms with Crippen molar-refractivity contribution in [1.29, 1.82) is 0 Å². The van der Waals surface area contributed by atoms with Crippen LogP contribution in [0.3, 0.4) is 0 Å². The summed E-state index contributed by atoms with van der Waals surface area (Å²) in [6.45, 7) is 8.43. The van der Waals surface area contributed by atoms with Crippen molar-refractivity contribution >= 4 is 21.9 Å². The molecule has 1 amide bonds. The zero-order valence-electron chi connectivity index (χ0n) is 20.3. The molecule has 2 aromatic carbocycles. The molecule has 0 unspecified atom stereocenters. The maximum Gasteiger partial charge on any atom is 0.264 e. The molecule has 2 heterocycles. The minimum absolute atomic E-state index is 0.0498. The molecule has 4 rings (SSSR count). The summed E-state index contributed by atoms with van der Waals surface area (Å²) >= 11 is 0. The molecule has 0 spiro atoms. The SMILES string of the molecule is Cc1cccc(C)c1-c1cc2nc(n1)NS(=O)(=O)c1cccc(c1)C(=O)N[C@H](CC(C)C)CCO2. The Balaban J connectivity index is 1.82. The van der Waals surface area contributed by atoms with Crippen LogP contribution in [0, 0.1) is 19.8 Å². The van der Waals surface area contributed by atoms with Crippen molar-refractivity contribution in [2.45, 2.75) is 51.5 Å². The smallest absolute Gasteiger partial charge is 0.264 e. The van der Waals surface area contributed by atoms with Crippen LogP contribution in [0.1, 0.15) is 48.2 Å². The molecule has 35 heavy (non-hydrogen) atoms. The molecule has 1 atom stereocenters. The molecule has 0 saturated carbocycles. The Bertz CT molecular complexity index is 1330. The van der Waals surface area contributed by atoms with Crippen LogP contribution in [0.25, 0.3) is 11.3 Å². The minimum atomic E-state index is -4.05. The van der Waals surface area contributed by atoms with Gasteiger partial charge in [0.1, 0.15) is 0 Å². The fourth-order valence-corrected chi connectivity index (χ4v) is 5.26. The first kappa shape index (κ1) is 24.7. The molecular formula is C26H30N4O4S. The van der Waals surface area contributed by atoms with Gasteiger partial charge in [0, 0.05) is 29.7 Å². The highest BCUT2D eigenvalue weighted by molar-refractivity contribution is 7.92. The van der Waals surface area contributed by atoms with E-state index in [0.717, 1.165) is 23.1 Å². The number of fused-ring (bicyclic) bond motifs is 4. The highest BCUT2D eigenvalue weighted by Gasteiger charge is 2.22. The third-order valence-corrected chi connectivity index (χ3v) is 7.21. The number of aromatic nitrogens is 2. The molecule has 0 radical (unpaired) electrons. The van der Waals surface area contributed by atoms with Gasteiger partial charge in [0.2, 0.25) is 11.8 Å². The maximum atomic E-state index is 13.2. The summed E-state index contributed by atoms with van der Waals surface area (Å²) in [5, 5.41) is 3.03. The Labute approximate surface area is 206 Å². The maximum absolute atomic E-state index is 13.2. The number of nitrogens with one attached hydrogen (secondary N) is 2. The van der Waals surface area contributed by atoms with E-state index in [1.54, 1.807) is 18.2 Å². The van der Waals surface area contributed by atoms with Gasteiger partial charge in [-0.1, -0.05) is 38.1 Å². The van der Waals surface area contributed by atoms with Crippen molar-refractivity contribution in [3.8, 4) is 17.1 Å². The third kappa shape index (κ3) is 5.79. The molecule has 1 aromatic heterocycles. The van der Waals surface area contributed by atoms with E-state index in [-0.39, 0.29) is 34.2 Å². The van der Waals surface area contributed by atoms with Gasteiger partial charge in [-0.25, -0.2) is 18.1 Å². The van der Waals surface area contributed by atoms with E-state index in [2.05, 4.69) is 33.9 Å². The van der Waals surface area contributed by atoms with Crippen LogP contribution in [0.15, 0.2) is 53.4 Å². The second-order valence-corrected chi connectivity index (χ2v) is 10.9. The van der Waals surface area contributed by atoms with E-state index in [1.165, 1.54) is 12.1 Å². The lowest BCUT2D eigenvalue weighted by Gasteiger charge is -2.21. The summed E-state index contributed by atoms with van der Waals surface area (Å²) < 4.78 is 34.8. The number of aryl methyl sites for hydroxylation is 2. The van der Waals surface area contributed by atoms with Crippen LogP contribution >= 0.6 is 0 Å². The molecular weight excluding hydrogens is 464 g/mol. The summed E-state index contributed by atoms with van der Waals surface area (Å²) in [5.74, 6) is 0.204. The zero-order valence-corrected chi connectivity index (χ0v) is 21.1. The highest BCUT2D eigenvalue weighted by atomic mass is 32.2. The van der Waals surface area contributed by atoms with E-state index in [9.17, 15) is 13.2 Å². The number of rotatable bonds is 3. The zero-order chi connectivity index (χ0) is 25.2. The minimum Gasteiger partial charge on any atom is -0.477 e. The van der Waals surface area contributed by atoms with E-state index in [4.69, 9.17) is 4.74 Å². The highest BCUT2D eigenvalue weighted by Crippen LogP contribution is 2.29. The lowest BCUT2D eigenvalue weighted by molar-refractivity contribution is 0.0925. The Morgan fingerprint density at radius 1 is 1.06 bits per heavy atom. The lowest BCUT2D eigenvalue weighted by Crippen LogP contribution is -2.37. The standard InChI is InChI=1S/C26H30N4O4S/c1-16(2)13-20-11-12-34-23-15-22(24-17(3)7-5-8-18(24)4)28-26(29-23)30-35(32,33)21-10-6-9-19(14-21)25(31)27-20/h5-10,14-16,20H,11-13H2,1-4H3,(H,27,31)(H,28,29,30)/t20-/m0/s1. The Kier molecular flexibility index (Phi) is 7.07. The number of ether oxygens (including phenoxy) is 1. The average Bonchev–Trinajstić information content (AvgIpc) is 2.77. The number of nitrogens with zero attached hydrogens (tertiary/aromatic N) is 2. The summed E-state index contributed by atoms with van der Waals surface area (Å²) in [4.78, 5) is 21.7. The van der Waals surface area contributed by atoms with E-state index in [0.29, 0.717) is 24.6 Å². The van der Waals surface area contributed by atoms with Gasteiger partial charge >= 0.3 is 0 Å². The summed E-state index contributed by atoms with van der Waals surface area (Å²) in [7, 11) is -4.05. The quantitative estimate of drug-likeness (QED) is 0.555. The predicted octanol–water partition coefficient (Wildman–Crippen LogP) is 4.49. The number of amides is 1. The van der Waals surface area contributed by atoms with Crippen molar-refractivity contribution in [2.75, 3.05) is 11.3 Å². The molecule has 1 aliphatic heterocycles. The summed E-state index contributed by atoms with van der Waals surface area (Å²) in [6.07, 6.45) is 1.34. The number of hydrogen-bond donors (Lipinski definition) is 2. The predicted molar refractivity (Wildman–Crippen MR) is 135 cm³/mol. The number of carbonyl (C=O) groups excluding carboxylic acids is 1. The molecule has 184 valence electrons. The molecule has 1 aliphatic rings. The fourth-order valence-electron chi connectivity index (χ4n) is 4.27. The van der Waals surface area contributed by atoms with E-state index >= 15 is 0 Å². The third-order valence-electron chi connectivity index (χ3n) is 5.88. The van der Waals surface area contributed by atoms with Crippen molar-refractivity contribution in [1.82, 2.24) is 15.3 Å². The van der Waals surface area contributed by atoms with Gasteiger partial charge in [-0.05, 0) is 55.5 Å². The Morgan fingerprint density at radius 2 is 1.77 bits per heavy atom. The van der Waals surface area contributed by atoms with Crippen LogP contribution < -0.4 is 14.8 Å². The van der Waals surface area contributed by atoms with E-state index in [1.807, 2.05) is 32.0 Å². The van der Waals surface area contributed by atoms with Gasteiger partial charge < -0.3 is 10.1 Å². The fraction of sp³-hybridized carbons (Fsp3) is 0.346. The Morgan fingerprint density at radius 3 is 2.49 bits per heavy atom. The Hall–Kier alpha value is -3.46. The number of benzene rings is 2. The first-order valence-corrected chi connectivity index (χ1v) is 13.1. The van der Waals surface area contributed by atoms with Gasteiger partial charge in [-0.3, -0.25) is 4.79 Å². The first-order valence-electron chi connectivity index (χ1n) is 11.6. The van der Waals surface area contributed by atoms with Crippen LogP contribution in [-0.2, 0) is 10.0 Å². The van der Waals surface area contributed by atoms with Crippen LogP contribution in [-0.4, -0.2) is 36.9 Å². The van der Waals surface area contributed by atoms with Crippen molar-refractivity contribution in [3.05, 3.63) is 65.2 Å². The topological polar surface area (TPSA) is 110 Å². The van der Waals surface area contributed by atoms with Gasteiger partial charge in [-0.2, -0.15) is 4.98 Å². The monoisotopic (exact) mass is 494 g/mol. The van der Waals surface area contributed by atoms with Crippen LogP contribution in [0.4, 0.5) is 5.95 Å². The van der Waals surface area contributed by atoms with Gasteiger partial charge in [0.15, 0.2) is 0 Å². The van der Waals surface area contributed by atoms with Crippen molar-refractivity contribution in [2.24, 2.45) is 5.92 Å². The van der Waals surface area contributed by atoms with Gasteiger partial charge in [0.05, 0.1) is 17.2 Å². The molecule has 3 aromatic rings. The molecule has 8 nitrogen and oxygen atoms in total. The molecule has 2 N–H and O–H groups in total. The number of hydrogen-bond acceptors (Lipinski definition) is 6. The lowest BCUT2D eigenvalue weighted by atomic mass is 10.00. The van der Waals surface area contributed by atoms with Crippen molar-refractivity contribution in [3.63, 3.8) is 0 Å². The van der Waals surface area contributed by atoms with Crippen LogP contribution in [0.2, 0.25) is 0 Å². The van der Waals surface area contributed by atoms with Crippen LogP contribution in [0.5, 0.6) is 5.88 Å². The molecule has 0 fully saturated rings. The molecule has 0 aliphatic carbocycles. The van der Waals surface area contributed by atoms with Gasteiger partial charge in [-0.15, -0.1) is 0 Å².